The van der Waals surface area contributed by atoms with E-state index in [-0.39, 0.29) is 11.9 Å². The minimum Gasteiger partial charge on any atom is -0.347 e. The maximum atomic E-state index is 11.4. The lowest BCUT2D eigenvalue weighted by molar-refractivity contribution is 0.0906. The normalized spacial score (nSPS) is 21.8. The summed E-state index contributed by atoms with van der Waals surface area (Å²) in [6.07, 6.45) is 1.94. The van der Waals surface area contributed by atoms with Crippen LogP contribution >= 0.6 is 15.9 Å². The highest BCUT2D eigenvalue weighted by Crippen LogP contribution is 2.17. The van der Waals surface area contributed by atoms with Crippen molar-refractivity contribution in [2.75, 3.05) is 0 Å². The van der Waals surface area contributed by atoms with Crippen LogP contribution in [0.15, 0.2) is 16.7 Å². The molecule has 0 saturated carbocycles. The Morgan fingerprint density at radius 3 is 3.25 bits per heavy atom. The Hall–Kier alpha value is -0.770. The Bertz CT molecular complexity index is 332. The second-order valence-electron chi connectivity index (χ2n) is 3.07. The molecule has 0 aromatic carbocycles. The highest BCUT2D eigenvalue weighted by Gasteiger charge is 2.21. The molecule has 1 aliphatic heterocycles. The van der Waals surface area contributed by atoms with Crippen LogP contribution in [0.5, 0.6) is 0 Å². The van der Waals surface area contributed by atoms with Gasteiger partial charge >= 0.3 is 0 Å². The smallest absolute Gasteiger partial charge is 0.268 e. The molecule has 0 bridgehead atoms. The Morgan fingerprint density at radius 2 is 2.50 bits per heavy atom. The molecule has 1 aliphatic rings. The van der Waals surface area contributed by atoms with Crippen molar-refractivity contribution in [2.24, 2.45) is 0 Å². The van der Waals surface area contributed by atoms with Gasteiger partial charge in [0.05, 0.1) is 0 Å². The lowest BCUT2D eigenvalue weighted by Crippen LogP contribution is -2.41. The minimum absolute atomic E-state index is 0.0134. The van der Waals surface area contributed by atoms with Gasteiger partial charge in [-0.25, -0.2) is 0 Å². The van der Waals surface area contributed by atoms with Crippen LogP contribution in [0, 0.1) is 0 Å². The third-order valence-corrected chi connectivity index (χ3v) is 2.38. The number of amides is 1. The van der Waals surface area contributed by atoms with Gasteiger partial charge in [-0.15, -0.1) is 0 Å². The van der Waals surface area contributed by atoms with Crippen molar-refractivity contribution >= 4 is 21.8 Å². The maximum Gasteiger partial charge on any atom is 0.268 e. The number of hydrogen-bond donors (Lipinski definition) is 1. The quantitative estimate of drug-likeness (QED) is 0.716. The zero-order valence-corrected chi connectivity index (χ0v) is 8.26. The van der Waals surface area contributed by atoms with Crippen molar-refractivity contribution in [1.29, 1.82) is 0 Å². The van der Waals surface area contributed by atoms with Crippen molar-refractivity contribution in [3.05, 3.63) is 22.4 Å². The van der Waals surface area contributed by atoms with Crippen LogP contribution in [-0.4, -0.2) is 16.5 Å². The van der Waals surface area contributed by atoms with Crippen molar-refractivity contribution < 1.29 is 4.79 Å². The summed E-state index contributed by atoms with van der Waals surface area (Å²) in [6, 6.07) is 2.06. The number of carbonyl (C=O) groups is 1. The first-order chi connectivity index (χ1) is 5.66. The monoisotopic (exact) mass is 228 g/mol. The Balaban J connectivity index is 2.46. The van der Waals surface area contributed by atoms with E-state index in [1.165, 1.54) is 0 Å². The Morgan fingerprint density at radius 1 is 1.75 bits per heavy atom. The van der Waals surface area contributed by atoms with E-state index in [0.717, 1.165) is 16.7 Å². The van der Waals surface area contributed by atoms with Crippen molar-refractivity contribution in [3.8, 4) is 0 Å². The molecule has 4 heteroatoms. The molecule has 1 aromatic rings. The van der Waals surface area contributed by atoms with Crippen LogP contribution in [0.3, 0.4) is 0 Å². The molecular weight excluding hydrogens is 220 g/mol. The molecule has 0 unspecified atom stereocenters. The zero-order valence-electron chi connectivity index (χ0n) is 6.67. The molecule has 12 heavy (non-hydrogen) atoms. The summed E-state index contributed by atoms with van der Waals surface area (Å²) >= 11 is 3.34. The number of nitrogens with one attached hydrogen (secondary N) is 1. The molecule has 1 atom stereocenters. The first-order valence-corrected chi connectivity index (χ1v) is 4.62. The van der Waals surface area contributed by atoms with E-state index in [0.29, 0.717) is 0 Å². The van der Waals surface area contributed by atoms with E-state index in [1.54, 1.807) is 0 Å². The van der Waals surface area contributed by atoms with E-state index >= 15 is 0 Å². The largest absolute Gasteiger partial charge is 0.347 e. The van der Waals surface area contributed by atoms with Gasteiger partial charge in [-0.2, -0.15) is 0 Å². The summed E-state index contributed by atoms with van der Waals surface area (Å²) in [5.41, 5.74) is 0.736. The molecule has 1 N–H and O–H groups in total. The van der Waals surface area contributed by atoms with Crippen LogP contribution in [0.1, 0.15) is 17.4 Å². The second-order valence-corrected chi connectivity index (χ2v) is 3.99. The van der Waals surface area contributed by atoms with Crippen LogP contribution < -0.4 is 5.32 Å². The van der Waals surface area contributed by atoms with E-state index in [2.05, 4.69) is 21.2 Å². The molecule has 0 fully saturated rings. The van der Waals surface area contributed by atoms with Gasteiger partial charge in [0.15, 0.2) is 0 Å². The van der Waals surface area contributed by atoms with Gasteiger partial charge < -0.3 is 9.88 Å². The molecule has 2 heterocycles. The highest BCUT2D eigenvalue weighted by molar-refractivity contribution is 9.10. The predicted octanol–water partition coefficient (Wildman–Crippen LogP) is 1.38. The number of hydrogen-bond acceptors (Lipinski definition) is 1. The van der Waals surface area contributed by atoms with Crippen molar-refractivity contribution in [1.82, 2.24) is 9.88 Å². The molecule has 64 valence electrons. The number of halogens is 1. The fourth-order valence-electron chi connectivity index (χ4n) is 1.45. The number of nitrogens with zero attached hydrogens (tertiary/aromatic N) is 1. The van der Waals surface area contributed by atoms with Crippen LogP contribution in [0.2, 0.25) is 0 Å². The van der Waals surface area contributed by atoms with Crippen molar-refractivity contribution in [2.45, 2.75) is 19.5 Å². The number of fused-ring (bicyclic) bond motifs is 1. The predicted molar refractivity (Wildman–Crippen MR) is 49.1 cm³/mol. The van der Waals surface area contributed by atoms with Crippen molar-refractivity contribution in [3.63, 3.8) is 0 Å². The lowest BCUT2D eigenvalue weighted by atomic mass is 10.2. The first-order valence-electron chi connectivity index (χ1n) is 3.83. The van der Waals surface area contributed by atoms with E-state index in [4.69, 9.17) is 0 Å². The van der Waals surface area contributed by atoms with Crippen LogP contribution in [-0.2, 0) is 6.54 Å². The van der Waals surface area contributed by atoms with E-state index < -0.39 is 0 Å². The van der Waals surface area contributed by atoms with Gasteiger partial charge in [-0.05, 0) is 28.9 Å². The van der Waals surface area contributed by atoms with E-state index in [9.17, 15) is 4.79 Å². The fourth-order valence-corrected chi connectivity index (χ4v) is 1.92. The van der Waals surface area contributed by atoms with Gasteiger partial charge in [0.25, 0.3) is 5.91 Å². The van der Waals surface area contributed by atoms with Gasteiger partial charge in [0.1, 0.15) is 5.69 Å². The summed E-state index contributed by atoms with van der Waals surface area (Å²) < 4.78 is 2.93. The molecule has 0 aliphatic carbocycles. The summed E-state index contributed by atoms with van der Waals surface area (Å²) in [5.74, 6) is 0.0134. The van der Waals surface area contributed by atoms with Gasteiger partial charge in [0.2, 0.25) is 0 Å². The number of aromatic nitrogens is 1. The summed E-state index contributed by atoms with van der Waals surface area (Å²) in [6.45, 7) is 2.85. The molecule has 3 nitrogen and oxygen atoms in total. The number of rotatable bonds is 0. The maximum absolute atomic E-state index is 11.4. The summed E-state index contributed by atoms with van der Waals surface area (Å²) in [4.78, 5) is 11.4. The molecule has 0 radical (unpaired) electrons. The topological polar surface area (TPSA) is 34.0 Å². The molecule has 0 saturated heterocycles. The third-order valence-electron chi connectivity index (χ3n) is 1.94. The van der Waals surface area contributed by atoms with Gasteiger partial charge in [0, 0.05) is 23.3 Å². The molecular formula is C8H9BrN2O. The fraction of sp³-hybridized carbons (Fsp3) is 0.375. The molecule has 2 rings (SSSR count). The summed E-state index contributed by atoms with van der Waals surface area (Å²) in [5, 5.41) is 2.87. The van der Waals surface area contributed by atoms with Crippen LogP contribution in [0.4, 0.5) is 0 Å². The number of carbonyl (C=O) groups excluding carboxylic acids is 1. The summed E-state index contributed by atoms with van der Waals surface area (Å²) in [7, 11) is 0. The average molecular weight is 229 g/mol. The van der Waals surface area contributed by atoms with Crippen LogP contribution in [0.25, 0.3) is 0 Å². The van der Waals surface area contributed by atoms with Gasteiger partial charge in [-0.1, -0.05) is 0 Å². The van der Waals surface area contributed by atoms with Gasteiger partial charge in [-0.3, -0.25) is 4.79 Å². The Labute approximate surface area is 78.9 Å². The molecule has 0 spiro atoms. The average Bonchev–Trinajstić information content (AvgIpc) is 2.29. The lowest BCUT2D eigenvalue weighted by Gasteiger charge is -2.21. The minimum atomic E-state index is 0.0134. The second kappa shape index (κ2) is 2.62. The SMILES string of the molecule is C[C@@H]1Cn2cc(Br)cc2C(=O)N1. The third kappa shape index (κ3) is 1.16. The highest BCUT2D eigenvalue weighted by atomic mass is 79.9. The molecule has 1 amide bonds. The Kier molecular flexibility index (Phi) is 1.72. The zero-order chi connectivity index (χ0) is 8.72. The first kappa shape index (κ1) is 7.86. The van der Waals surface area contributed by atoms with E-state index in [1.807, 2.05) is 23.8 Å². The standard InChI is InChI=1S/C8H9BrN2O/c1-5-3-11-4-6(9)2-7(11)8(12)10-5/h2,4-5H,3H2,1H3,(H,10,12)/t5-/m1/s1. The molecule has 1 aromatic heterocycles.